The van der Waals surface area contributed by atoms with Crippen LogP contribution in [0.1, 0.15) is 57.9 Å². The Bertz CT molecular complexity index is 958. The van der Waals surface area contributed by atoms with Crippen molar-refractivity contribution in [3.05, 3.63) is 46.5 Å². The number of fused-ring (bicyclic) bond motifs is 1. The molecular formula is C26H33ClN2O2. The molecular weight excluding hydrogens is 408 g/mol. The molecule has 0 saturated heterocycles. The maximum atomic E-state index is 12.6. The molecule has 0 aromatic heterocycles. The van der Waals surface area contributed by atoms with Gasteiger partial charge in [-0.1, -0.05) is 43.7 Å². The number of hydrogen-bond donors (Lipinski definition) is 2. The molecule has 1 aromatic carbocycles. The summed E-state index contributed by atoms with van der Waals surface area (Å²) >= 11 is 5.68. The number of rotatable bonds is 2. The van der Waals surface area contributed by atoms with Crippen LogP contribution in [0.15, 0.2) is 35.9 Å². The lowest BCUT2D eigenvalue weighted by molar-refractivity contribution is -0.129. The molecule has 7 atom stereocenters. The molecule has 2 amide bonds. The largest absolute Gasteiger partial charge is 0.369 e. The zero-order valence-electron chi connectivity index (χ0n) is 18.5. The smallest absolute Gasteiger partial charge is 0.247 e. The maximum Gasteiger partial charge on any atom is 0.247 e. The first-order chi connectivity index (χ1) is 14.7. The minimum atomic E-state index is -0.340. The van der Waals surface area contributed by atoms with E-state index in [0.29, 0.717) is 22.4 Å². The van der Waals surface area contributed by atoms with Gasteiger partial charge in [0.05, 0.1) is 6.42 Å². The summed E-state index contributed by atoms with van der Waals surface area (Å²) in [6.07, 6.45) is 10.6. The van der Waals surface area contributed by atoms with Crippen LogP contribution in [0.3, 0.4) is 0 Å². The van der Waals surface area contributed by atoms with Gasteiger partial charge < -0.3 is 11.1 Å². The topological polar surface area (TPSA) is 72.2 Å². The number of halogens is 1. The van der Waals surface area contributed by atoms with Gasteiger partial charge in [0.15, 0.2) is 0 Å². The van der Waals surface area contributed by atoms with E-state index in [4.69, 9.17) is 17.3 Å². The number of nitrogens with one attached hydrogen (secondary N) is 1. The second-order valence-corrected chi connectivity index (χ2v) is 11.3. The van der Waals surface area contributed by atoms with E-state index in [1.165, 1.54) is 44.1 Å². The fourth-order valence-corrected chi connectivity index (χ4v) is 8.30. The summed E-state index contributed by atoms with van der Waals surface area (Å²) in [5, 5.41) is 4.02. The lowest BCUT2D eigenvalue weighted by atomic mass is 9.45. The van der Waals surface area contributed by atoms with Gasteiger partial charge in [0, 0.05) is 22.1 Å². The Hall–Kier alpha value is -1.81. The molecule has 3 N–H and O–H groups in total. The summed E-state index contributed by atoms with van der Waals surface area (Å²) in [6.45, 7) is 4.95. The predicted octanol–water partition coefficient (Wildman–Crippen LogP) is 4.65. The summed E-state index contributed by atoms with van der Waals surface area (Å²) in [6, 6.07) is 7.50. The fourth-order valence-electron chi connectivity index (χ4n) is 8.09. The first-order valence-corrected chi connectivity index (χ1v) is 12.2. The van der Waals surface area contributed by atoms with Crippen molar-refractivity contribution in [2.24, 2.45) is 40.2 Å². The predicted molar refractivity (Wildman–Crippen MR) is 122 cm³/mol. The molecule has 0 radical (unpaired) electrons. The third-order valence-electron chi connectivity index (χ3n) is 9.45. The van der Waals surface area contributed by atoms with Crippen molar-refractivity contribution >= 4 is 23.4 Å². The number of carbonyl (C=O) groups excluding carboxylic acids is 2. The highest BCUT2D eigenvalue weighted by Crippen LogP contribution is 2.68. The molecule has 1 aliphatic heterocycles. The van der Waals surface area contributed by atoms with Gasteiger partial charge in [-0.05, 0) is 85.3 Å². The molecule has 0 spiro atoms. The SMILES string of the molecule is C[C@]12C=C3C(=O)NC1CC[C@@H]1[C@H]2CC[C@]2(C)C3CC[C@@H]12.NC(=O)Cc1cccc(Cl)c1. The highest BCUT2D eigenvalue weighted by molar-refractivity contribution is 6.30. The van der Waals surface area contributed by atoms with Crippen LogP contribution in [0.25, 0.3) is 0 Å². The van der Waals surface area contributed by atoms with Crippen molar-refractivity contribution in [1.82, 2.24) is 5.32 Å². The molecule has 5 aliphatic carbocycles. The fraction of sp³-hybridized carbons (Fsp3) is 0.615. The van der Waals surface area contributed by atoms with Crippen molar-refractivity contribution in [1.29, 1.82) is 0 Å². The Labute approximate surface area is 190 Å². The van der Waals surface area contributed by atoms with E-state index in [1.807, 2.05) is 6.07 Å². The Morgan fingerprint density at radius 2 is 1.97 bits per heavy atom. The van der Waals surface area contributed by atoms with Crippen LogP contribution in [-0.2, 0) is 16.0 Å². The monoisotopic (exact) mass is 440 g/mol. The molecule has 3 saturated carbocycles. The summed E-state index contributed by atoms with van der Waals surface area (Å²) in [5.41, 5.74) is 7.67. The quantitative estimate of drug-likeness (QED) is 0.702. The van der Waals surface area contributed by atoms with Gasteiger partial charge in [0.1, 0.15) is 0 Å². The average molecular weight is 441 g/mol. The Morgan fingerprint density at radius 3 is 2.71 bits per heavy atom. The van der Waals surface area contributed by atoms with Gasteiger partial charge in [-0.15, -0.1) is 0 Å². The van der Waals surface area contributed by atoms with Crippen molar-refractivity contribution < 1.29 is 9.59 Å². The average Bonchev–Trinajstić information content (AvgIpc) is 3.04. The van der Waals surface area contributed by atoms with E-state index in [1.54, 1.807) is 18.2 Å². The molecule has 5 heteroatoms. The number of benzene rings is 1. The number of nitrogens with two attached hydrogens (primary N) is 1. The van der Waals surface area contributed by atoms with Crippen molar-refractivity contribution in [2.75, 3.05) is 0 Å². The number of carbonyl (C=O) groups is 2. The van der Waals surface area contributed by atoms with Gasteiger partial charge >= 0.3 is 0 Å². The lowest BCUT2D eigenvalue weighted by Gasteiger charge is -2.62. The minimum Gasteiger partial charge on any atom is -0.369 e. The van der Waals surface area contributed by atoms with Gasteiger partial charge in [0.2, 0.25) is 11.8 Å². The van der Waals surface area contributed by atoms with E-state index in [2.05, 4.69) is 25.2 Å². The number of primary amides is 1. The summed E-state index contributed by atoms with van der Waals surface area (Å²) < 4.78 is 0. The molecule has 31 heavy (non-hydrogen) atoms. The third-order valence-corrected chi connectivity index (χ3v) is 9.69. The maximum absolute atomic E-state index is 12.6. The molecule has 1 heterocycles. The van der Waals surface area contributed by atoms with Crippen LogP contribution in [0.2, 0.25) is 5.02 Å². The van der Waals surface area contributed by atoms with Crippen LogP contribution in [0.5, 0.6) is 0 Å². The molecule has 6 aliphatic rings. The molecule has 166 valence electrons. The molecule has 2 unspecified atom stereocenters. The minimum absolute atomic E-state index is 0.245. The van der Waals surface area contributed by atoms with E-state index < -0.39 is 0 Å². The lowest BCUT2D eigenvalue weighted by Crippen LogP contribution is -2.62. The highest BCUT2D eigenvalue weighted by Gasteiger charge is 2.63. The standard InChI is InChI=1S/C18H25NO.C8H8ClNO/c1-17-8-7-14-10-3-6-15-18(14,2)9-11(16(20)19-15)13(17)5-4-12(10)17;9-7-3-1-2-6(4-7)5-8(10)11/h9-10,12-15H,3-8H2,1-2H3,(H,19,20);1-4H,5H2,(H2,10,11)/t10-,12-,13?,14+,15?,17-,18+;/m0./s1. The summed E-state index contributed by atoms with van der Waals surface area (Å²) in [4.78, 5) is 23.1. The third kappa shape index (κ3) is 3.25. The first-order valence-electron chi connectivity index (χ1n) is 11.8. The van der Waals surface area contributed by atoms with Gasteiger partial charge in [0.25, 0.3) is 0 Å². The van der Waals surface area contributed by atoms with Crippen molar-refractivity contribution in [3.63, 3.8) is 0 Å². The molecule has 1 aromatic rings. The van der Waals surface area contributed by atoms with Crippen LogP contribution in [-0.4, -0.2) is 17.9 Å². The molecule has 4 nitrogen and oxygen atoms in total. The normalized spacial score (nSPS) is 41.5. The van der Waals surface area contributed by atoms with Gasteiger partial charge in [-0.2, -0.15) is 0 Å². The van der Waals surface area contributed by atoms with E-state index >= 15 is 0 Å². The van der Waals surface area contributed by atoms with Crippen LogP contribution < -0.4 is 11.1 Å². The zero-order chi connectivity index (χ0) is 22.0. The van der Waals surface area contributed by atoms with Gasteiger partial charge in [-0.25, -0.2) is 0 Å². The Balaban J connectivity index is 0.000000159. The zero-order valence-corrected chi connectivity index (χ0v) is 19.3. The Morgan fingerprint density at radius 1 is 1.16 bits per heavy atom. The van der Waals surface area contributed by atoms with Gasteiger partial charge in [-0.3, -0.25) is 9.59 Å². The van der Waals surface area contributed by atoms with Crippen molar-refractivity contribution in [3.8, 4) is 0 Å². The molecule has 7 rings (SSSR count). The first kappa shape index (κ1) is 21.1. The summed E-state index contributed by atoms with van der Waals surface area (Å²) in [5.74, 6) is 3.09. The Kier molecular flexibility index (Phi) is 5.00. The van der Waals surface area contributed by atoms with Crippen LogP contribution in [0, 0.1) is 34.5 Å². The molecule has 3 fully saturated rings. The summed E-state index contributed by atoms with van der Waals surface area (Å²) in [7, 11) is 0. The van der Waals surface area contributed by atoms with E-state index in [-0.39, 0.29) is 23.7 Å². The second kappa shape index (κ2) is 7.37. The van der Waals surface area contributed by atoms with E-state index in [0.717, 1.165) is 23.3 Å². The number of amides is 2. The number of hydrogen-bond acceptors (Lipinski definition) is 2. The van der Waals surface area contributed by atoms with Crippen LogP contribution in [0.4, 0.5) is 0 Å². The van der Waals surface area contributed by atoms with E-state index in [9.17, 15) is 9.59 Å². The van der Waals surface area contributed by atoms with Crippen LogP contribution >= 0.6 is 11.6 Å². The highest BCUT2D eigenvalue weighted by atomic mass is 35.5. The molecule has 7 bridgehead atoms. The van der Waals surface area contributed by atoms with Crippen molar-refractivity contribution in [2.45, 2.75) is 64.8 Å². The second-order valence-electron chi connectivity index (χ2n) is 10.9.